The third-order valence-electron chi connectivity index (χ3n) is 2.00. The molecule has 1 nitrogen and oxygen atoms in total. The number of carbonyl (C=O) groups excluding carboxylic acids is 1. The lowest BCUT2D eigenvalue weighted by molar-refractivity contribution is 0.104. The zero-order valence-corrected chi connectivity index (χ0v) is 11.0. The molecule has 2 rings (SSSR count). The van der Waals surface area contributed by atoms with Crippen LogP contribution in [0, 0.1) is 5.82 Å². The molecule has 1 aromatic carbocycles. The van der Waals surface area contributed by atoms with Crippen LogP contribution in [0.2, 0.25) is 5.02 Å². The Morgan fingerprint density at radius 1 is 1.38 bits per heavy atom. The molecule has 5 heteroatoms. The molecule has 0 aliphatic heterocycles. The summed E-state index contributed by atoms with van der Waals surface area (Å²) in [5.41, 5.74) is 0.408. The lowest BCUT2D eigenvalue weighted by Crippen LogP contribution is -2.00. The van der Waals surface area contributed by atoms with Crippen molar-refractivity contribution in [1.29, 1.82) is 0 Å². The zero-order valence-electron chi connectivity index (χ0n) is 7.84. The van der Waals surface area contributed by atoms with Gasteiger partial charge in [-0.1, -0.05) is 11.6 Å². The number of halogens is 3. The number of rotatable bonds is 2. The van der Waals surface area contributed by atoms with Gasteiger partial charge in [-0.3, -0.25) is 4.79 Å². The standard InChI is InChI=1S/C11H5BrClFOS/c12-8-5-6(14)1-2-7(8)10(15)11-9(13)3-4-16-11/h1-5H. The molecule has 0 aliphatic carbocycles. The molecule has 0 aliphatic rings. The minimum atomic E-state index is -0.388. The lowest BCUT2D eigenvalue weighted by atomic mass is 10.1. The summed E-state index contributed by atoms with van der Waals surface area (Å²) in [6.45, 7) is 0. The van der Waals surface area contributed by atoms with Crippen molar-refractivity contribution in [3.05, 3.63) is 55.4 Å². The number of ketones is 1. The first-order valence-electron chi connectivity index (χ1n) is 4.32. The molecule has 0 saturated heterocycles. The molecule has 0 spiro atoms. The van der Waals surface area contributed by atoms with Crippen molar-refractivity contribution in [2.45, 2.75) is 0 Å². The molecular weight excluding hydrogens is 315 g/mol. The van der Waals surface area contributed by atoms with Gasteiger partial charge in [0.15, 0.2) is 0 Å². The molecule has 0 saturated carbocycles. The van der Waals surface area contributed by atoms with E-state index in [9.17, 15) is 9.18 Å². The fourth-order valence-electron chi connectivity index (χ4n) is 1.25. The number of hydrogen-bond acceptors (Lipinski definition) is 2. The van der Waals surface area contributed by atoms with Crippen LogP contribution in [0.3, 0.4) is 0 Å². The first-order valence-corrected chi connectivity index (χ1v) is 6.37. The van der Waals surface area contributed by atoms with Crippen LogP contribution in [-0.2, 0) is 0 Å². The van der Waals surface area contributed by atoms with Crippen molar-refractivity contribution >= 4 is 44.7 Å². The van der Waals surface area contributed by atoms with Gasteiger partial charge in [-0.15, -0.1) is 11.3 Å². The maximum Gasteiger partial charge on any atom is 0.205 e. The van der Waals surface area contributed by atoms with E-state index < -0.39 is 0 Å². The van der Waals surface area contributed by atoms with Crippen LogP contribution in [0.4, 0.5) is 4.39 Å². The van der Waals surface area contributed by atoms with E-state index in [0.717, 1.165) is 0 Å². The quantitative estimate of drug-likeness (QED) is 0.743. The smallest absolute Gasteiger partial charge is 0.205 e. The number of hydrogen-bond donors (Lipinski definition) is 0. The SMILES string of the molecule is O=C(c1ccc(F)cc1Br)c1sccc1Cl. The highest BCUT2D eigenvalue weighted by Crippen LogP contribution is 2.28. The summed E-state index contributed by atoms with van der Waals surface area (Å²) < 4.78 is 13.3. The topological polar surface area (TPSA) is 17.1 Å². The van der Waals surface area contributed by atoms with Crippen molar-refractivity contribution in [1.82, 2.24) is 0 Å². The molecule has 1 aromatic heterocycles. The molecule has 0 unspecified atom stereocenters. The van der Waals surface area contributed by atoms with Crippen molar-refractivity contribution in [3.8, 4) is 0 Å². The van der Waals surface area contributed by atoms with Crippen molar-refractivity contribution in [2.24, 2.45) is 0 Å². The van der Waals surface area contributed by atoms with Gasteiger partial charge in [-0.25, -0.2) is 4.39 Å². The van der Waals surface area contributed by atoms with Crippen LogP contribution in [0.25, 0.3) is 0 Å². The molecule has 16 heavy (non-hydrogen) atoms. The summed E-state index contributed by atoms with van der Waals surface area (Å²) in [5, 5.41) is 2.17. The minimum absolute atomic E-state index is 0.202. The molecular formula is C11H5BrClFOS. The Kier molecular flexibility index (Phi) is 3.42. The first-order chi connectivity index (χ1) is 7.59. The second kappa shape index (κ2) is 4.65. The predicted molar refractivity (Wildman–Crippen MR) is 66.9 cm³/mol. The molecule has 0 N–H and O–H groups in total. The number of benzene rings is 1. The maximum atomic E-state index is 12.9. The molecule has 0 amide bonds. The molecule has 2 aromatic rings. The fraction of sp³-hybridized carbons (Fsp3) is 0. The van der Waals surface area contributed by atoms with Crippen molar-refractivity contribution < 1.29 is 9.18 Å². The molecule has 82 valence electrons. The van der Waals surface area contributed by atoms with Crippen LogP contribution in [0.1, 0.15) is 15.2 Å². The Morgan fingerprint density at radius 3 is 2.69 bits per heavy atom. The molecule has 0 radical (unpaired) electrons. The Morgan fingerprint density at radius 2 is 2.12 bits per heavy atom. The van der Waals surface area contributed by atoms with E-state index in [2.05, 4.69) is 15.9 Å². The van der Waals surface area contributed by atoms with E-state index in [-0.39, 0.29) is 11.6 Å². The largest absolute Gasteiger partial charge is 0.288 e. The fourth-order valence-corrected chi connectivity index (χ4v) is 2.88. The Bertz CT molecular complexity index is 553. The van der Waals surface area contributed by atoms with Crippen LogP contribution in [-0.4, -0.2) is 5.78 Å². The van der Waals surface area contributed by atoms with E-state index in [1.54, 1.807) is 11.4 Å². The maximum absolute atomic E-state index is 12.9. The molecule has 1 heterocycles. The number of thiophene rings is 1. The summed E-state index contributed by atoms with van der Waals surface area (Å²) in [4.78, 5) is 12.5. The average Bonchev–Trinajstić information content (AvgIpc) is 2.63. The van der Waals surface area contributed by atoms with Crippen molar-refractivity contribution in [2.75, 3.05) is 0 Å². The van der Waals surface area contributed by atoms with E-state index in [1.165, 1.54) is 29.5 Å². The summed E-state index contributed by atoms with van der Waals surface area (Å²) in [7, 11) is 0. The van der Waals surface area contributed by atoms with Crippen LogP contribution in [0.5, 0.6) is 0 Å². The van der Waals surface area contributed by atoms with Crippen LogP contribution >= 0.6 is 38.9 Å². The summed E-state index contributed by atoms with van der Waals surface area (Å²) in [6, 6.07) is 5.61. The average molecular weight is 320 g/mol. The highest BCUT2D eigenvalue weighted by atomic mass is 79.9. The van der Waals surface area contributed by atoms with Gasteiger partial charge in [-0.2, -0.15) is 0 Å². The van der Waals surface area contributed by atoms with Gasteiger partial charge in [0.25, 0.3) is 0 Å². The van der Waals surface area contributed by atoms with E-state index >= 15 is 0 Å². The molecule has 0 bridgehead atoms. The Hall–Kier alpha value is -0.710. The van der Waals surface area contributed by atoms with Crippen LogP contribution < -0.4 is 0 Å². The number of carbonyl (C=O) groups is 1. The monoisotopic (exact) mass is 318 g/mol. The normalized spacial score (nSPS) is 10.4. The minimum Gasteiger partial charge on any atom is -0.288 e. The lowest BCUT2D eigenvalue weighted by Gasteiger charge is -2.02. The molecule has 0 fully saturated rings. The Labute approximate surface area is 109 Å². The van der Waals surface area contributed by atoms with Gasteiger partial charge in [0.05, 0.1) is 9.90 Å². The van der Waals surface area contributed by atoms with Gasteiger partial charge in [0, 0.05) is 10.0 Å². The zero-order chi connectivity index (χ0) is 11.7. The van der Waals surface area contributed by atoms with Gasteiger partial charge < -0.3 is 0 Å². The summed E-state index contributed by atoms with van der Waals surface area (Å²) >= 11 is 10.3. The predicted octanol–water partition coefficient (Wildman–Crippen LogP) is 4.53. The van der Waals surface area contributed by atoms with Gasteiger partial charge in [0.1, 0.15) is 5.82 Å². The summed E-state index contributed by atoms with van der Waals surface area (Å²) in [5.74, 6) is -0.590. The van der Waals surface area contributed by atoms with Gasteiger partial charge in [0.2, 0.25) is 5.78 Å². The first kappa shape index (κ1) is 11.8. The van der Waals surface area contributed by atoms with E-state index in [0.29, 0.717) is 19.9 Å². The highest BCUT2D eigenvalue weighted by Gasteiger charge is 2.17. The Balaban J connectivity index is 2.46. The van der Waals surface area contributed by atoms with Crippen molar-refractivity contribution in [3.63, 3.8) is 0 Å². The van der Waals surface area contributed by atoms with Crippen LogP contribution in [0.15, 0.2) is 34.1 Å². The molecule has 0 atom stereocenters. The van der Waals surface area contributed by atoms with Gasteiger partial charge >= 0.3 is 0 Å². The van der Waals surface area contributed by atoms with E-state index in [4.69, 9.17) is 11.6 Å². The second-order valence-electron chi connectivity index (χ2n) is 3.05. The highest BCUT2D eigenvalue weighted by molar-refractivity contribution is 9.10. The second-order valence-corrected chi connectivity index (χ2v) is 5.23. The third-order valence-corrected chi connectivity index (χ3v) is 4.00. The third kappa shape index (κ3) is 2.19. The van der Waals surface area contributed by atoms with E-state index in [1.807, 2.05) is 0 Å². The van der Waals surface area contributed by atoms with Gasteiger partial charge in [-0.05, 0) is 45.6 Å². The summed E-state index contributed by atoms with van der Waals surface area (Å²) in [6.07, 6.45) is 0.